The Bertz CT molecular complexity index is 337. The summed E-state index contributed by atoms with van der Waals surface area (Å²) in [5, 5.41) is 0.174. The third kappa shape index (κ3) is 9.89. The van der Waals surface area contributed by atoms with Gasteiger partial charge in [-0.25, -0.2) is 4.39 Å². The summed E-state index contributed by atoms with van der Waals surface area (Å²) in [7, 11) is 4.81. The number of benzene rings is 1. The first kappa shape index (κ1) is 13.0. The van der Waals surface area contributed by atoms with Crippen molar-refractivity contribution in [2.45, 2.75) is 0 Å². The first-order chi connectivity index (χ1) is 5.80. The van der Waals surface area contributed by atoms with E-state index in [0.717, 1.165) is 0 Å². The Labute approximate surface area is 89.1 Å². The van der Waals surface area contributed by atoms with Crippen molar-refractivity contribution in [3.63, 3.8) is 0 Å². The van der Waals surface area contributed by atoms with Gasteiger partial charge < -0.3 is 0 Å². The standard InChI is InChI=1S/C6H4ClF.Cl2O2S/c7-5-3-1-2-4-6(5)8;1-5(2,3)4/h1-4H;. The second-order valence-corrected chi connectivity index (χ2v) is 5.87. The van der Waals surface area contributed by atoms with E-state index in [1.807, 2.05) is 0 Å². The first-order valence-corrected chi connectivity index (χ1v) is 6.36. The number of rotatable bonds is 0. The highest BCUT2D eigenvalue weighted by atomic mass is 36.0. The van der Waals surface area contributed by atoms with Crippen LogP contribution in [0.4, 0.5) is 4.39 Å². The van der Waals surface area contributed by atoms with Crippen molar-refractivity contribution >= 4 is 41.2 Å². The van der Waals surface area contributed by atoms with Crippen LogP contribution in [0.1, 0.15) is 0 Å². The minimum Gasteiger partial charge on any atom is -0.205 e. The highest BCUT2D eigenvalue weighted by Crippen LogP contribution is 2.11. The molecule has 0 amide bonds. The topological polar surface area (TPSA) is 34.1 Å². The fourth-order valence-corrected chi connectivity index (χ4v) is 0.575. The second-order valence-electron chi connectivity index (χ2n) is 1.79. The zero-order chi connectivity index (χ0) is 10.5. The van der Waals surface area contributed by atoms with Crippen LogP contribution in [-0.2, 0) is 8.26 Å². The Morgan fingerprint density at radius 3 is 1.77 bits per heavy atom. The summed E-state index contributed by atoms with van der Waals surface area (Å²) in [6, 6.07) is 6.12. The van der Waals surface area contributed by atoms with Crippen molar-refractivity contribution in [3.8, 4) is 0 Å². The van der Waals surface area contributed by atoms with E-state index >= 15 is 0 Å². The van der Waals surface area contributed by atoms with Gasteiger partial charge >= 0.3 is 8.26 Å². The van der Waals surface area contributed by atoms with Crippen LogP contribution in [0.2, 0.25) is 5.02 Å². The van der Waals surface area contributed by atoms with Crippen LogP contribution < -0.4 is 0 Å². The molecule has 13 heavy (non-hydrogen) atoms. The van der Waals surface area contributed by atoms with E-state index in [4.69, 9.17) is 20.0 Å². The Kier molecular flexibility index (Phi) is 5.64. The van der Waals surface area contributed by atoms with Gasteiger partial charge in [0.1, 0.15) is 5.82 Å². The molecule has 1 rings (SSSR count). The summed E-state index contributed by atoms with van der Waals surface area (Å²) < 4.78 is 30.5. The van der Waals surface area contributed by atoms with E-state index in [9.17, 15) is 4.39 Å². The maximum Gasteiger partial charge on any atom is 0.317 e. The molecule has 0 aliphatic heterocycles. The van der Waals surface area contributed by atoms with Gasteiger partial charge in [0.15, 0.2) is 0 Å². The van der Waals surface area contributed by atoms with E-state index in [2.05, 4.69) is 21.4 Å². The first-order valence-electron chi connectivity index (χ1n) is 2.85. The summed E-state index contributed by atoms with van der Waals surface area (Å²) in [4.78, 5) is 0. The summed E-state index contributed by atoms with van der Waals surface area (Å²) in [5.41, 5.74) is 0. The van der Waals surface area contributed by atoms with E-state index in [1.54, 1.807) is 12.1 Å². The molecule has 74 valence electrons. The normalized spacial score (nSPS) is 10.2. The van der Waals surface area contributed by atoms with Gasteiger partial charge in [-0.1, -0.05) is 23.7 Å². The molecule has 0 aliphatic rings. The molecule has 0 bridgehead atoms. The maximum absolute atomic E-state index is 12.2. The maximum atomic E-state index is 12.2. The third-order valence-corrected chi connectivity index (χ3v) is 1.13. The lowest BCUT2D eigenvalue weighted by Gasteiger charge is -1.86. The van der Waals surface area contributed by atoms with Gasteiger partial charge in [0, 0.05) is 21.4 Å². The SMILES string of the molecule is Fc1ccccc1Cl.O=S(=O)(Cl)Cl. The molecule has 0 atom stereocenters. The molecule has 1 aromatic rings. The molecule has 0 aromatic heterocycles. The molecule has 0 unspecified atom stereocenters. The van der Waals surface area contributed by atoms with Crippen LogP contribution in [0.15, 0.2) is 24.3 Å². The van der Waals surface area contributed by atoms with Gasteiger partial charge in [-0.2, -0.15) is 8.42 Å². The highest BCUT2D eigenvalue weighted by Gasteiger charge is 1.91. The summed E-state index contributed by atoms with van der Waals surface area (Å²) in [6.45, 7) is 0. The van der Waals surface area contributed by atoms with Crippen molar-refractivity contribution in [1.29, 1.82) is 0 Å². The summed E-state index contributed by atoms with van der Waals surface area (Å²) in [5.74, 6) is -0.367. The number of hydrogen-bond donors (Lipinski definition) is 0. The van der Waals surface area contributed by atoms with Crippen LogP contribution in [0, 0.1) is 5.82 Å². The minimum absolute atomic E-state index is 0.174. The molecule has 1 aromatic carbocycles. The second kappa shape index (κ2) is 5.65. The van der Waals surface area contributed by atoms with Gasteiger partial charge in [-0.3, -0.25) is 0 Å². The van der Waals surface area contributed by atoms with Gasteiger partial charge in [0.2, 0.25) is 0 Å². The van der Waals surface area contributed by atoms with E-state index in [0.29, 0.717) is 0 Å². The minimum atomic E-state index is -3.72. The molecule has 0 spiro atoms. The lowest BCUT2D eigenvalue weighted by atomic mass is 10.4. The van der Waals surface area contributed by atoms with E-state index < -0.39 is 8.26 Å². The largest absolute Gasteiger partial charge is 0.317 e. The Balaban J connectivity index is 0.000000252. The zero-order valence-corrected chi connectivity index (χ0v) is 9.13. The van der Waals surface area contributed by atoms with Crippen LogP contribution >= 0.6 is 33.0 Å². The van der Waals surface area contributed by atoms with Crippen LogP contribution in [0.5, 0.6) is 0 Å². The van der Waals surface area contributed by atoms with E-state index in [1.165, 1.54) is 12.1 Å². The molecule has 0 saturated carbocycles. The van der Waals surface area contributed by atoms with Gasteiger partial charge in [0.25, 0.3) is 0 Å². The Morgan fingerprint density at radius 1 is 1.15 bits per heavy atom. The number of halogens is 4. The summed E-state index contributed by atoms with van der Waals surface area (Å²) >= 11 is 5.33. The molecular formula is C6H4Cl3FO2S. The van der Waals surface area contributed by atoms with Crippen molar-refractivity contribution in [2.24, 2.45) is 0 Å². The molecule has 0 fully saturated rings. The quantitative estimate of drug-likeness (QED) is 0.675. The molecule has 0 heterocycles. The Hall–Kier alpha value is -0.0300. The predicted octanol–water partition coefficient (Wildman–Crippen LogP) is 3.19. The molecule has 0 radical (unpaired) electrons. The molecule has 0 aliphatic carbocycles. The number of hydrogen-bond acceptors (Lipinski definition) is 2. The molecule has 0 saturated heterocycles. The summed E-state index contributed by atoms with van der Waals surface area (Å²) in [6.07, 6.45) is 0. The average Bonchev–Trinajstić information content (AvgIpc) is 1.92. The monoisotopic (exact) mass is 264 g/mol. The van der Waals surface area contributed by atoms with Crippen molar-refractivity contribution in [3.05, 3.63) is 35.1 Å². The molecule has 7 heteroatoms. The van der Waals surface area contributed by atoms with E-state index in [-0.39, 0.29) is 10.8 Å². The van der Waals surface area contributed by atoms with Crippen molar-refractivity contribution < 1.29 is 12.8 Å². The van der Waals surface area contributed by atoms with Crippen molar-refractivity contribution in [2.75, 3.05) is 0 Å². The predicted molar refractivity (Wildman–Crippen MR) is 52.0 cm³/mol. The molecular weight excluding hydrogens is 261 g/mol. The van der Waals surface area contributed by atoms with Crippen LogP contribution in [0.3, 0.4) is 0 Å². The zero-order valence-electron chi connectivity index (χ0n) is 6.05. The smallest absolute Gasteiger partial charge is 0.205 e. The van der Waals surface area contributed by atoms with Gasteiger partial charge in [0.05, 0.1) is 5.02 Å². The molecule has 0 N–H and O–H groups in total. The van der Waals surface area contributed by atoms with Crippen molar-refractivity contribution in [1.82, 2.24) is 0 Å². The Morgan fingerprint density at radius 2 is 1.54 bits per heavy atom. The third-order valence-electron chi connectivity index (χ3n) is 0.824. The lowest BCUT2D eigenvalue weighted by Crippen LogP contribution is -1.70. The highest BCUT2D eigenvalue weighted by molar-refractivity contribution is 8.31. The van der Waals surface area contributed by atoms with Crippen LogP contribution in [0.25, 0.3) is 0 Å². The fraction of sp³-hybridized carbons (Fsp3) is 0. The fourth-order valence-electron chi connectivity index (χ4n) is 0.439. The van der Waals surface area contributed by atoms with Gasteiger partial charge in [-0.15, -0.1) is 0 Å². The van der Waals surface area contributed by atoms with Crippen LogP contribution in [-0.4, -0.2) is 8.42 Å². The lowest BCUT2D eigenvalue weighted by molar-refractivity contribution is 0.621. The molecule has 2 nitrogen and oxygen atoms in total. The van der Waals surface area contributed by atoms with Gasteiger partial charge in [-0.05, 0) is 12.1 Å². The average molecular weight is 266 g/mol.